The number of hydrogen-bond donors (Lipinski definition) is 1. The average molecular weight is 274 g/mol. The fourth-order valence-corrected chi connectivity index (χ4v) is 2.40. The lowest BCUT2D eigenvalue weighted by atomic mass is 10.1. The number of aromatic nitrogens is 1. The van der Waals surface area contributed by atoms with Gasteiger partial charge >= 0.3 is 0 Å². The van der Waals surface area contributed by atoms with Gasteiger partial charge in [0.1, 0.15) is 16.5 Å². The molecule has 2 aromatic rings. The fraction of sp³-hybridized carbons (Fsp3) is 0.286. The molecule has 1 saturated carbocycles. The van der Waals surface area contributed by atoms with Crippen LogP contribution in [0.5, 0.6) is 5.75 Å². The van der Waals surface area contributed by atoms with E-state index in [2.05, 4.69) is 4.98 Å². The molecule has 1 heterocycles. The van der Waals surface area contributed by atoms with Crippen LogP contribution in [0.25, 0.3) is 0 Å². The Balaban J connectivity index is 1.81. The molecule has 1 fully saturated rings. The van der Waals surface area contributed by atoms with Gasteiger partial charge in [-0.2, -0.15) is 0 Å². The van der Waals surface area contributed by atoms with Crippen LogP contribution in [-0.4, -0.2) is 16.9 Å². The third-order valence-corrected chi connectivity index (χ3v) is 3.75. The first-order valence-corrected chi connectivity index (χ1v) is 7.10. The minimum Gasteiger partial charge on any atom is -0.490 e. The quantitative estimate of drug-likeness (QED) is 0.850. The summed E-state index contributed by atoms with van der Waals surface area (Å²) in [5.41, 5.74) is 6.56. The zero-order valence-corrected chi connectivity index (χ0v) is 11.2. The Morgan fingerprint density at radius 3 is 3.00 bits per heavy atom. The van der Waals surface area contributed by atoms with Gasteiger partial charge < -0.3 is 10.5 Å². The largest absolute Gasteiger partial charge is 0.490 e. The second-order valence-corrected chi connectivity index (χ2v) is 5.45. The maximum atomic E-state index is 12.3. The van der Waals surface area contributed by atoms with Gasteiger partial charge in [0.05, 0.1) is 6.10 Å². The van der Waals surface area contributed by atoms with E-state index in [9.17, 15) is 4.79 Å². The molecule has 98 valence electrons. The first-order chi connectivity index (χ1) is 9.26. The molecule has 1 aliphatic rings. The lowest BCUT2D eigenvalue weighted by molar-refractivity contribution is 0.103. The molecule has 2 N–H and O–H groups in total. The van der Waals surface area contributed by atoms with Crippen molar-refractivity contribution in [1.82, 2.24) is 4.98 Å². The first-order valence-electron chi connectivity index (χ1n) is 6.22. The highest BCUT2D eigenvalue weighted by atomic mass is 32.1. The predicted octanol–water partition coefficient (Wildman–Crippen LogP) is 2.37. The zero-order chi connectivity index (χ0) is 13.2. The highest BCUT2D eigenvalue weighted by Crippen LogP contribution is 2.27. The third kappa shape index (κ3) is 2.83. The van der Waals surface area contributed by atoms with Crippen molar-refractivity contribution in [3.63, 3.8) is 0 Å². The Morgan fingerprint density at radius 1 is 1.47 bits per heavy atom. The zero-order valence-electron chi connectivity index (χ0n) is 10.3. The molecule has 5 heteroatoms. The molecule has 0 amide bonds. The molecule has 0 atom stereocenters. The maximum absolute atomic E-state index is 12.3. The first kappa shape index (κ1) is 12.3. The van der Waals surface area contributed by atoms with E-state index < -0.39 is 0 Å². The van der Waals surface area contributed by atoms with E-state index >= 15 is 0 Å². The molecule has 0 spiro atoms. The van der Waals surface area contributed by atoms with Crippen LogP contribution in [0.4, 0.5) is 0 Å². The number of thiazole rings is 1. The van der Waals surface area contributed by atoms with E-state index in [4.69, 9.17) is 10.5 Å². The van der Waals surface area contributed by atoms with Gasteiger partial charge in [0.25, 0.3) is 0 Å². The lowest BCUT2D eigenvalue weighted by Gasteiger charge is -2.05. The van der Waals surface area contributed by atoms with E-state index in [1.807, 2.05) is 12.1 Å². The number of ether oxygens (including phenoxy) is 1. The number of benzene rings is 1. The van der Waals surface area contributed by atoms with E-state index in [-0.39, 0.29) is 5.78 Å². The lowest BCUT2D eigenvalue weighted by Crippen LogP contribution is -2.04. The summed E-state index contributed by atoms with van der Waals surface area (Å²) in [6.45, 7) is 0.364. The SMILES string of the molecule is NCc1nc(C(=O)c2cccc(OC3CC3)c2)cs1. The summed E-state index contributed by atoms with van der Waals surface area (Å²) < 4.78 is 5.69. The van der Waals surface area contributed by atoms with Crippen LogP contribution < -0.4 is 10.5 Å². The van der Waals surface area contributed by atoms with Crippen LogP contribution in [-0.2, 0) is 6.54 Å². The Bertz CT molecular complexity index is 605. The number of nitrogens with two attached hydrogens (primary N) is 1. The minimum absolute atomic E-state index is 0.0859. The number of hydrogen-bond acceptors (Lipinski definition) is 5. The number of ketones is 1. The topological polar surface area (TPSA) is 65.2 Å². The molecule has 4 nitrogen and oxygen atoms in total. The number of carbonyl (C=O) groups is 1. The summed E-state index contributed by atoms with van der Waals surface area (Å²) in [5.74, 6) is 0.667. The molecule has 0 saturated heterocycles. The van der Waals surface area contributed by atoms with Crippen molar-refractivity contribution in [2.75, 3.05) is 0 Å². The van der Waals surface area contributed by atoms with Crippen molar-refractivity contribution < 1.29 is 9.53 Å². The molecule has 3 rings (SSSR count). The van der Waals surface area contributed by atoms with Crippen molar-refractivity contribution >= 4 is 17.1 Å². The molecule has 0 aliphatic heterocycles. The number of rotatable bonds is 5. The van der Waals surface area contributed by atoms with E-state index in [0.717, 1.165) is 23.6 Å². The smallest absolute Gasteiger partial charge is 0.212 e. The van der Waals surface area contributed by atoms with Crippen LogP contribution in [0.1, 0.15) is 33.9 Å². The monoisotopic (exact) mass is 274 g/mol. The van der Waals surface area contributed by atoms with Crippen LogP contribution in [0.15, 0.2) is 29.6 Å². The predicted molar refractivity (Wildman–Crippen MR) is 73.5 cm³/mol. The van der Waals surface area contributed by atoms with Gasteiger partial charge in [-0.25, -0.2) is 4.98 Å². The van der Waals surface area contributed by atoms with Gasteiger partial charge in [0.2, 0.25) is 5.78 Å². The molecule has 19 heavy (non-hydrogen) atoms. The highest BCUT2D eigenvalue weighted by Gasteiger charge is 2.23. The summed E-state index contributed by atoms with van der Waals surface area (Å²) in [6, 6.07) is 7.27. The second kappa shape index (κ2) is 5.11. The molecule has 0 radical (unpaired) electrons. The summed E-state index contributed by atoms with van der Waals surface area (Å²) in [6.07, 6.45) is 2.53. The third-order valence-electron chi connectivity index (χ3n) is 2.88. The molecule has 0 bridgehead atoms. The van der Waals surface area contributed by atoms with Crippen LogP contribution in [0.2, 0.25) is 0 Å². The molecule has 1 aromatic heterocycles. The van der Waals surface area contributed by atoms with Gasteiger partial charge in [-0.05, 0) is 25.0 Å². The number of nitrogens with zero attached hydrogens (tertiary/aromatic N) is 1. The van der Waals surface area contributed by atoms with E-state index in [1.54, 1.807) is 17.5 Å². The summed E-state index contributed by atoms with van der Waals surface area (Å²) in [7, 11) is 0. The van der Waals surface area contributed by atoms with Crippen molar-refractivity contribution in [3.8, 4) is 5.75 Å². The Labute approximate surface area is 115 Å². The normalized spacial score (nSPS) is 14.4. The molecule has 1 aromatic carbocycles. The standard InChI is InChI=1S/C14H14N2O2S/c15-7-13-16-12(8-19-13)14(17)9-2-1-3-11(6-9)18-10-4-5-10/h1-3,6,8,10H,4-5,7,15H2. The Hall–Kier alpha value is -1.72. The molecular weight excluding hydrogens is 260 g/mol. The second-order valence-electron chi connectivity index (χ2n) is 4.50. The van der Waals surface area contributed by atoms with Gasteiger partial charge in [-0.3, -0.25) is 4.79 Å². The van der Waals surface area contributed by atoms with Gasteiger partial charge in [0.15, 0.2) is 0 Å². The maximum Gasteiger partial charge on any atom is 0.212 e. The Morgan fingerprint density at radius 2 is 2.32 bits per heavy atom. The fourth-order valence-electron chi connectivity index (χ4n) is 1.75. The summed E-state index contributed by atoms with van der Waals surface area (Å²) in [5, 5.41) is 2.52. The van der Waals surface area contributed by atoms with Crippen molar-refractivity contribution in [3.05, 3.63) is 45.9 Å². The summed E-state index contributed by atoms with van der Waals surface area (Å²) >= 11 is 1.41. The molecular formula is C14H14N2O2S. The van der Waals surface area contributed by atoms with Crippen LogP contribution in [0, 0.1) is 0 Å². The summed E-state index contributed by atoms with van der Waals surface area (Å²) in [4.78, 5) is 16.5. The van der Waals surface area contributed by atoms with Crippen LogP contribution in [0.3, 0.4) is 0 Å². The van der Waals surface area contributed by atoms with Crippen molar-refractivity contribution in [1.29, 1.82) is 0 Å². The average Bonchev–Trinajstić information content (AvgIpc) is 3.11. The van der Waals surface area contributed by atoms with Gasteiger partial charge in [-0.1, -0.05) is 12.1 Å². The van der Waals surface area contributed by atoms with E-state index in [1.165, 1.54) is 11.3 Å². The number of carbonyl (C=O) groups excluding carboxylic acids is 1. The highest BCUT2D eigenvalue weighted by molar-refractivity contribution is 7.09. The Kier molecular flexibility index (Phi) is 3.31. The minimum atomic E-state index is -0.0859. The van der Waals surface area contributed by atoms with Crippen LogP contribution >= 0.6 is 11.3 Å². The molecule has 1 aliphatic carbocycles. The van der Waals surface area contributed by atoms with Crippen molar-refractivity contribution in [2.24, 2.45) is 5.73 Å². The van der Waals surface area contributed by atoms with Gasteiger partial charge in [0, 0.05) is 17.5 Å². The molecule has 0 unspecified atom stereocenters. The van der Waals surface area contributed by atoms with Gasteiger partial charge in [-0.15, -0.1) is 11.3 Å². The van der Waals surface area contributed by atoms with Crippen molar-refractivity contribution in [2.45, 2.75) is 25.5 Å². The van der Waals surface area contributed by atoms with E-state index in [0.29, 0.717) is 23.9 Å².